The Balaban J connectivity index is 2.28. The van der Waals surface area contributed by atoms with Crippen LogP contribution in [0, 0.1) is 5.92 Å². The molecule has 120 valence electrons. The number of halogens is 3. The average Bonchev–Trinajstić information content (AvgIpc) is 2.35. The van der Waals surface area contributed by atoms with Crippen molar-refractivity contribution in [2.75, 3.05) is 26.2 Å². The number of aliphatic hydroxyl groups is 2. The van der Waals surface area contributed by atoms with Gasteiger partial charge < -0.3 is 19.8 Å². The minimum Gasteiger partial charge on any atom is -0.389 e. The lowest BCUT2D eigenvalue weighted by Gasteiger charge is -2.35. The molecular formula is C13H24F3NO3. The monoisotopic (exact) mass is 299 g/mol. The van der Waals surface area contributed by atoms with Gasteiger partial charge in [-0.25, -0.2) is 0 Å². The molecule has 0 radical (unpaired) electrons. The SMILES string of the molecule is CC(C)OCC(O)CN1CCC(C(O)C(F)(F)F)CC1. The number of aliphatic hydroxyl groups excluding tert-OH is 2. The van der Waals surface area contributed by atoms with Gasteiger partial charge in [0.2, 0.25) is 0 Å². The van der Waals surface area contributed by atoms with E-state index >= 15 is 0 Å². The van der Waals surface area contributed by atoms with Gasteiger partial charge in [-0.2, -0.15) is 13.2 Å². The fraction of sp³-hybridized carbons (Fsp3) is 1.00. The van der Waals surface area contributed by atoms with E-state index in [0.29, 0.717) is 32.5 Å². The van der Waals surface area contributed by atoms with Crippen molar-refractivity contribution in [3.8, 4) is 0 Å². The molecule has 0 bridgehead atoms. The first-order valence-corrected chi connectivity index (χ1v) is 6.97. The Kier molecular flexibility index (Phi) is 6.71. The zero-order chi connectivity index (χ0) is 15.3. The molecule has 1 rings (SSSR count). The predicted octanol–water partition coefficient (Wildman–Crippen LogP) is 1.41. The number of piperidine rings is 1. The molecule has 0 saturated carbocycles. The summed E-state index contributed by atoms with van der Waals surface area (Å²) >= 11 is 0. The number of nitrogens with zero attached hydrogens (tertiary/aromatic N) is 1. The molecule has 1 heterocycles. The van der Waals surface area contributed by atoms with Gasteiger partial charge in [0, 0.05) is 6.54 Å². The fourth-order valence-electron chi connectivity index (χ4n) is 2.37. The Morgan fingerprint density at radius 2 is 1.75 bits per heavy atom. The van der Waals surface area contributed by atoms with Crippen LogP contribution in [-0.2, 0) is 4.74 Å². The van der Waals surface area contributed by atoms with E-state index in [9.17, 15) is 23.4 Å². The van der Waals surface area contributed by atoms with Gasteiger partial charge in [-0.15, -0.1) is 0 Å². The third kappa shape index (κ3) is 5.95. The third-order valence-electron chi connectivity index (χ3n) is 3.51. The summed E-state index contributed by atoms with van der Waals surface area (Å²) in [4.78, 5) is 1.91. The quantitative estimate of drug-likeness (QED) is 0.778. The highest BCUT2D eigenvalue weighted by atomic mass is 19.4. The molecule has 0 aromatic carbocycles. The molecule has 1 aliphatic rings. The maximum Gasteiger partial charge on any atom is 0.414 e. The zero-order valence-corrected chi connectivity index (χ0v) is 11.9. The van der Waals surface area contributed by atoms with Crippen LogP contribution in [0.25, 0.3) is 0 Å². The zero-order valence-electron chi connectivity index (χ0n) is 11.9. The topological polar surface area (TPSA) is 52.9 Å². The number of hydrogen-bond acceptors (Lipinski definition) is 4. The van der Waals surface area contributed by atoms with Crippen molar-refractivity contribution in [3.05, 3.63) is 0 Å². The lowest BCUT2D eigenvalue weighted by molar-refractivity contribution is -0.223. The molecule has 0 aromatic rings. The summed E-state index contributed by atoms with van der Waals surface area (Å²) in [6, 6.07) is 0. The van der Waals surface area contributed by atoms with E-state index in [1.807, 2.05) is 18.7 Å². The lowest BCUT2D eigenvalue weighted by atomic mass is 9.91. The van der Waals surface area contributed by atoms with E-state index in [0.717, 1.165) is 0 Å². The van der Waals surface area contributed by atoms with Gasteiger partial charge in [0.25, 0.3) is 0 Å². The van der Waals surface area contributed by atoms with Crippen molar-refractivity contribution in [1.29, 1.82) is 0 Å². The molecule has 0 aliphatic carbocycles. The molecule has 4 nitrogen and oxygen atoms in total. The number of rotatable bonds is 6. The van der Waals surface area contributed by atoms with Crippen molar-refractivity contribution in [2.45, 2.75) is 51.2 Å². The second kappa shape index (κ2) is 7.59. The summed E-state index contributed by atoms with van der Waals surface area (Å²) in [5.41, 5.74) is 0. The van der Waals surface area contributed by atoms with E-state index in [-0.39, 0.29) is 12.7 Å². The second-order valence-corrected chi connectivity index (χ2v) is 5.66. The number of likely N-dealkylation sites (tertiary alicyclic amines) is 1. The first-order chi connectivity index (χ1) is 9.20. The summed E-state index contributed by atoms with van der Waals surface area (Å²) in [5.74, 6) is -0.740. The molecule has 2 N–H and O–H groups in total. The summed E-state index contributed by atoms with van der Waals surface area (Å²) < 4.78 is 42.5. The largest absolute Gasteiger partial charge is 0.414 e. The van der Waals surface area contributed by atoms with Crippen molar-refractivity contribution < 1.29 is 28.1 Å². The van der Waals surface area contributed by atoms with Crippen molar-refractivity contribution in [2.24, 2.45) is 5.92 Å². The van der Waals surface area contributed by atoms with Gasteiger partial charge in [0.15, 0.2) is 6.10 Å². The van der Waals surface area contributed by atoms with Crippen LogP contribution in [-0.4, -0.2) is 65.8 Å². The minimum atomic E-state index is -4.54. The highest BCUT2D eigenvalue weighted by Gasteiger charge is 2.44. The van der Waals surface area contributed by atoms with Crippen LogP contribution in [0.3, 0.4) is 0 Å². The smallest absolute Gasteiger partial charge is 0.389 e. The molecule has 0 amide bonds. The maximum atomic E-state index is 12.4. The molecule has 7 heteroatoms. The molecule has 1 saturated heterocycles. The molecule has 1 fully saturated rings. The molecule has 2 atom stereocenters. The fourth-order valence-corrected chi connectivity index (χ4v) is 2.37. The van der Waals surface area contributed by atoms with E-state index in [2.05, 4.69) is 0 Å². The van der Waals surface area contributed by atoms with Crippen LogP contribution in [0.2, 0.25) is 0 Å². The first kappa shape index (κ1) is 17.7. The Bertz CT molecular complexity index is 279. The minimum absolute atomic E-state index is 0.0392. The van der Waals surface area contributed by atoms with E-state index in [1.165, 1.54) is 0 Å². The Morgan fingerprint density at radius 1 is 1.20 bits per heavy atom. The molecule has 0 spiro atoms. The Labute approximate surface area is 117 Å². The molecule has 20 heavy (non-hydrogen) atoms. The van der Waals surface area contributed by atoms with Crippen LogP contribution in [0.4, 0.5) is 13.2 Å². The lowest BCUT2D eigenvalue weighted by Crippen LogP contribution is -2.45. The third-order valence-corrected chi connectivity index (χ3v) is 3.51. The number of alkyl halides is 3. The van der Waals surface area contributed by atoms with E-state index in [4.69, 9.17) is 4.74 Å². The number of β-amino-alcohol motifs (C(OH)–C–C–N with tert-alkyl or cyclic N) is 1. The summed E-state index contributed by atoms with van der Waals surface area (Å²) in [6.45, 7) is 5.27. The van der Waals surface area contributed by atoms with Gasteiger partial charge in [-0.05, 0) is 45.7 Å². The molecule has 0 aromatic heterocycles. The number of ether oxygens (including phenoxy) is 1. The van der Waals surface area contributed by atoms with Crippen LogP contribution < -0.4 is 0 Å². The summed E-state index contributed by atoms with van der Waals surface area (Å²) in [6.07, 6.45) is -6.80. The van der Waals surface area contributed by atoms with Crippen LogP contribution in [0.5, 0.6) is 0 Å². The highest BCUT2D eigenvalue weighted by Crippen LogP contribution is 2.31. The van der Waals surface area contributed by atoms with Crippen LogP contribution in [0.15, 0.2) is 0 Å². The number of hydrogen-bond donors (Lipinski definition) is 2. The van der Waals surface area contributed by atoms with Crippen molar-refractivity contribution in [3.63, 3.8) is 0 Å². The second-order valence-electron chi connectivity index (χ2n) is 5.66. The van der Waals surface area contributed by atoms with Gasteiger partial charge in [-0.3, -0.25) is 0 Å². The van der Waals surface area contributed by atoms with Gasteiger partial charge >= 0.3 is 6.18 Å². The Morgan fingerprint density at radius 3 is 2.20 bits per heavy atom. The molecular weight excluding hydrogens is 275 g/mol. The van der Waals surface area contributed by atoms with Crippen LogP contribution >= 0.6 is 0 Å². The normalized spacial score (nSPS) is 22.2. The maximum absolute atomic E-state index is 12.4. The highest BCUT2D eigenvalue weighted by molar-refractivity contribution is 4.82. The van der Waals surface area contributed by atoms with Crippen LogP contribution in [0.1, 0.15) is 26.7 Å². The van der Waals surface area contributed by atoms with E-state index in [1.54, 1.807) is 0 Å². The Hall–Kier alpha value is -0.370. The van der Waals surface area contributed by atoms with Crippen molar-refractivity contribution >= 4 is 0 Å². The van der Waals surface area contributed by atoms with Gasteiger partial charge in [-0.1, -0.05) is 0 Å². The van der Waals surface area contributed by atoms with Crippen molar-refractivity contribution in [1.82, 2.24) is 4.90 Å². The summed E-state index contributed by atoms with van der Waals surface area (Å²) in [5, 5.41) is 19.0. The molecule has 2 unspecified atom stereocenters. The molecule has 1 aliphatic heterocycles. The van der Waals surface area contributed by atoms with Gasteiger partial charge in [0.05, 0.1) is 18.8 Å². The average molecular weight is 299 g/mol. The van der Waals surface area contributed by atoms with Gasteiger partial charge in [0.1, 0.15) is 0 Å². The first-order valence-electron chi connectivity index (χ1n) is 6.97. The predicted molar refractivity (Wildman–Crippen MR) is 68.3 cm³/mol. The summed E-state index contributed by atoms with van der Waals surface area (Å²) in [7, 11) is 0. The van der Waals surface area contributed by atoms with E-state index < -0.39 is 24.3 Å². The standard InChI is InChI=1S/C13H24F3NO3/c1-9(2)20-8-11(18)7-17-5-3-10(4-6-17)12(19)13(14,15)16/h9-12,18-19H,3-8H2,1-2H3.